The van der Waals surface area contributed by atoms with Gasteiger partial charge in [0, 0.05) is 17.8 Å². The molecule has 2 rings (SSSR count). The highest BCUT2D eigenvalue weighted by Gasteiger charge is 2.06. The molecule has 3 amide bonds. The van der Waals surface area contributed by atoms with Crippen molar-refractivity contribution in [3.63, 3.8) is 0 Å². The largest absolute Gasteiger partial charge is 0.478 e. The van der Waals surface area contributed by atoms with Gasteiger partial charge in [-0.3, -0.25) is 4.79 Å². The molecule has 2 aromatic carbocycles. The molecule has 0 saturated carbocycles. The van der Waals surface area contributed by atoms with E-state index in [0.717, 1.165) is 5.56 Å². The number of primary amides is 1. The summed E-state index contributed by atoms with van der Waals surface area (Å²) in [5, 5.41) is 14.0. The maximum atomic E-state index is 12.0. The molecule has 7 nitrogen and oxygen atoms in total. The maximum absolute atomic E-state index is 12.0. The number of rotatable bonds is 6. The number of amides is 3. The summed E-state index contributed by atoms with van der Waals surface area (Å²) in [6.07, 6.45) is 0.590. The monoisotopic (exact) mass is 327 g/mol. The number of carboxylic acids is 1. The summed E-state index contributed by atoms with van der Waals surface area (Å²) in [5.74, 6) is -1.20. The van der Waals surface area contributed by atoms with Crippen LogP contribution in [0.4, 0.5) is 10.5 Å². The van der Waals surface area contributed by atoms with Crippen LogP contribution >= 0.6 is 0 Å². The Hall–Kier alpha value is -3.35. The highest BCUT2D eigenvalue weighted by Crippen LogP contribution is 2.09. The topological polar surface area (TPSA) is 122 Å². The number of hydrogen-bond donors (Lipinski definition) is 4. The van der Waals surface area contributed by atoms with Gasteiger partial charge in [0.05, 0.1) is 5.56 Å². The number of carboxylic acid groups (broad SMARTS) is 1. The lowest BCUT2D eigenvalue weighted by Crippen LogP contribution is -2.25. The Kier molecular flexibility index (Phi) is 5.51. The molecule has 0 saturated heterocycles. The Balaban J connectivity index is 1.84. The third-order valence-electron chi connectivity index (χ3n) is 3.31. The SMILES string of the molecule is NC(=O)Nc1ccc(C(=O)NCCc2ccc(C(=O)O)cc2)cc1. The highest BCUT2D eigenvalue weighted by atomic mass is 16.4. The summed E-state index contributed by atoms with van der Waals surface area (Å²) in [6, 6.07) is 12.2. The zero-order valence-corrected chi connectivity index (χ0v) is 12.8. The highest BCUT2D eigenvalue weighted by molar-refractivity contribution is 5.95. The molecular weight excluding hydrogens is 310 g/mol. The van der Waals surface area contributed by atoms with Crippen molar-refractivity contribution in [3.8, 4) is 0 Å². The Morgan fingerprint density at radius 3 is 2.04 bits per heavy atom. The van der Waals surface area contributed by atoms with Gasteiger partial charge in [-0.15, -0.1) is 0 Å². The van der Waals surface area contributed by atoms with Crippen LogP contribution in [-0.4, -0.2) is 29.6 Å². The van der Waals surface area contributed by atoms with Crippen LogP contribution in [0.5, 0.6) is 0 Å². The molecule has 0 radical (unpaired) electrons. The van der Waals surface area contributed by atoms with Crippen LogP contribution in [0.1, 0.15) is 26.3 Å². The lowest BCUT2D eigenvalue weighted by Gasteiger charge is -2.07. The molecule has 0 bridgehead atoms. The van der Waals surface area contributed by atoms with Crippen molar-refractivity contribution < 1.29 is 19.5 Å². The minimum absolute atomic E-state index is 0.229. The molecule has 0 unspecified atom stereocenters. The number of urea groups is 1. The van der Waals surface area contributed by atoms with Crippen molar-refractivity contribution in [2.45, 2.75) is 6.42 Å². The third-order valence-corrected chi connectivity index (χ3v) is 3.31. The molecule has 0 heterocycles. The van der Waals surface area contributed by atoms with Gasteiger partial charge in [-0.05, 0) is 48.4 Å². The van der Waals surface area contributed by atoms with E-state index in [1.807, 2.05) is 0 Å². The van der Waals surface area contributed by atoms with Gasteiger partial charge in [-0.25, -0.2) is 9.59 Å². The molecular formula is C17H17N3O4. The summed E-state index contributed by atoms with van der Waals surface area (Å²) in [4.78, 5) is 33.5. The van der Waals surface area contributed by atoms with E-state index in [2.05, 4.69) is 10.6 Å². The van der Waals surface area contributed by atoms with E-state index in [1.54, 1.807) is 36.4 Å². The van der Waals surface area contributed by atoms with Gasteiger partial charge >= 0.3 is 12.0 Å². The second-order valence-corrected chi connectivity index (χ2v) is 5.07. The van der Waals surface area contributed by atoms with Crippen LogP contribution in [0.2, 0.25) is 0 Å². The fraction of sp³-hybridized carbons (Fsp3) is 0.118. The van der Waals surface area contributed by atoms with Gasteiger partial charge in [-0.1, -0.05) is 12.1 Å². The van der Waals surface area contributed by atoms with Gasteiger partial charge in [0.25, 0.3) is 5.91 Å². The Morgan fingerprint density at radius 1 is 0.917 bits per heavy atom. The quantitative estimate of drug-likeness (QED) is 0.646. The van der Waals surface area contributed by atoms with Gasteiger partial charge < -0.3 is 21.5 Å². The first-order chi connectivity index (χ1) is 11.5. The molecule has 5 N–H and O–H groups in total. The molecule has 0 spiro atoms. The first-order valence-electron chi connectivity index (χ1n) is 7.22. The summed E-state index contributed by atoms with van der Waals surface area (Å²) in [6.45, 7) is 0.423. The molecule has 124 valence electrons. The number of hydrogen-bond acceptors (Lipinski definition) is 3. The fourth-order valence-corrected chi connectivity index (χ4v) is 2.08. The predicted molar refractivity (Wildman–Crippen MR) is 89.1 cm³/mol. The van der Waals surface area contributed by atoms with Gasteiger partial charge in [-0.2, -0.15) is 0 Å². The summed E-state index contributed by atoms with van der Waals surface area (Å²) in [7, 11) is 0. The maximum Gasteiger partial charge on any atom is 0.335 e. The molecule has 0 fully saturated rings. The van der Waals surface area contributed by atoms with Crippen molar-refractivity contribution in [1.82, 2.24) is 5.32 Å². The Bertz CT molecular complexity index is 739. The lowest BCUT2D eigenvalue weighted by molar-refractivity contribution is 0.0696. The van der Waals surface area contributed by atoms with Crippen molar-refractivity contribution in [2.24, 2.45) is 5.73 Å². The van der Waals surface area contributed by atoms with E-state index >= 15 is 0 Å². The summed E-state index contributed by atoms with van der Waals surface area (Å²) < 4.78 is 0. The zero-order valence-electron chi connectivity index (χ0n) is 12.8. The van der Waals surface area contributed by atoms with Crippen LogP contribution in [0.3, 0.4) is 0 Å². The van der Waals surface area contributed by atoms with Crippen molar-refractivity contribution >= 4 is 23.6 Å². The molecule has 0 atom stereocenters. The van der Waals surface area contributed by atoms with Gasteiger partial charge in [0.15, 0.2) is 0 Å². The van der Waals surface area contributed by atoms with Crippen LogP contribution < -0.4 is 16.4 Å². The average molecular weight is 327 g/mol. The summed E-state index contributed by atoms with van der Waals surface area (Å²) >= 11 is 0. The van der Waals surface area contributed by atoms with Crippen molar-refractivity contribution in [3.05, 3.63) is 65.2 Å². The summed E-state index contributed by atoms with van der Waals surface area (Å²) in [5.41, 5.74) is 7.14. The minimum Gasteiger partial charge on any atom is -0.478 e. The van der Waals surface area contributed by atoms with E-state index in [1.165, 1.54) is 12.1 Å². The fourth-order valence-electron chi connectivity index (χ4n) is 2.08. The number of aromatic carboxylic acids is 1. The van der Waals surface area contributed by atoms with E-state index in [4.69, 9.17) is 10.8 Å². The van der Waals surface area contributed by atoms with E-state index in [9.17, 15) is 14.4 Å². The number of nitrogens with one attached hydrogen (secondary N) is 2. The Labute approximate surface area is 138 Å². The molecule has 0 aliphatic heterocycles. The van der Waals surface area contributed by atoms with Gasteiger partial charge in [0.1, 0.15) is 0 Å². The van der Waals surface area contributed by atoms with Crippen molar-refractivity contribution in [1.29, 1.82) is 0 Å². The number of benzene rings is 2. The number of carbonyl (C=O) groups excluding carboxylic acids is 2. The zero-order chi connectivity index (χ0) is 17.5. The van der Waals surface area contributed by atoms with E-state index in [0.29, 0.717) is 24.2 Å². The standard InChI is InChI=1S/C17H17N3O4/c18-17(24)20-14-7-5-12(6-8-14)15(21)19-10-9-11-1-3-13(4-2-11)16(22)23/h1-8H,9-10H2,(H,19,21)(H,22,23)(H3,18,20,24). The van der Waals surface area contributed by atoms with E-state index in [-0.39, 0.29) is 11.5 Å². The number of anilines is 1. The number of carbonyl (C=O) groups is 3. The molecule has 0 aliphatic carbocycles. The number of nitrogens with two attached hydrogens (primary N) is 1. The first-order valence-corrected chi connectivity index (χ1v) is 7.22. The van der Waals surface area contributed by atoms with E-state index < -0.39 is 12.0 Å². The normalized spacial score (nSPS) is 10.0. The minimum atomic E-state index is -0.968. The molecule has 7 heteroatoms. The Morgan fingerprint density at radius 2 is 1.50 bits per heavy atom. The third kappa shape index (κ3) is 4.84. The molecule has 24 heavy (non-hydrogen) atoms. The van der Waals surface area contributed by atoms with Gasteiger partial charge in [0.2, 0.25) is 0 Å². The van der Waals surface area contributed by atoms with Crippen LogP contribution in [0.15, 0.2) is 48.5 Å². The predicted octanol–water partition coefficient (Wildman–Crippen LogP) is 1.85. The second-order valence-electron chi connectivity index (χ2n) is 5.07. The lowest BCUT2D eigenvalue weighted by atomic mass is 10.1. The van der Waals surface area contributed by atoms with Crippen LogP contribution in [-0.2, 0) is 6.42 Å². The molecule has 2 aromatic rings. The van der Waals surface area contributed by atoms with Crippen molar-refractivity contribution in [2.75, 3.05) is 11.9 Å². The first kappa shape index (κ1) is 17.0. The average Bonchev–Trinajstić information content (AvgIpc) is 2.55. The molecule has 0 aliphatic rings. The smallest absolute Gasteiger partial charge is 0.335 e. The molecule has 0 aromatic heterocycles. The van der Waals surface area contributed by atoms with Crippen LogP contribution in [0.25, 0.3) is 0 Å². The second kappa shape index (κ2) is 7.77. The van der Waals surface area contributed by atoms with Crippen LogP contribution in [0, 0.1) is 0 Å².